The van der Waals surface area contributed by atoms with E-state index in [1.54, 1.807) is 41.8 Å². The number of carbonyl (C=O) groups excluding carboxylic acids is 4. The number of fused-ring (bicyclic) bond motifs is 1. The molecule has 4 rings (SSSR count). The summed E-state index contributed by atoms with van der Waals surface area (Å²) in [5.74, 6) is -7.37. The number of imide groups is 1. The van der Waals surface area contributed by atoms with Crippen LogP contribution in [0.2, 0.25) is 5.02 Å². The number of benzene rings is 2. The van der Waals surface area contributed by atoms with Gasteiger partial charge in [0.25, 0.3) is 5.91 Å². The number of carbonyl (C=O) groups is 4. The van der Waals surface area contributed by atoms with Gasteiger partial charge in [0, 0.05) is 19.6 Å². The zero-order valence-corrected chi connectivity index (χ0v) is 22.0. The Labute approximate surface area is 230 Å². The lowest BCUT2D eigenvalue weighted by Crippen LogP contribution is -2.48. The Balaban J connectivity index is 1.88. The number of rotatable bonds is 8. The number of nitrogens with zero attached hydrogens (tertiary/aromatic N) is 1. The van der Waals surface area contributed by atoms with Crippen LogP contribution in [0.4, 0.5) is 14.9 Å². The van der Waals surface area contributed by atoms with Gasteiger partial charge < -0.3 is 24.7 Å². The van der Waals surface area contributed by atoms with Crippen LogP contribution in [0.15, 0.2) is 60.0 Å². The lowest BCUT2D eigenvalue weighted by Gasteiger charge is -2.30. The molecule has 1 unspecified atom stereocenters. The molecule has 3 amide bonds. The molecule has 0 saturated heterocycles. The van der Waals surface area contributed by atoms with Gasteiger partial charge in [-0.2, -0.15) is 0 Å². The Morgan fingerprint density at radius 3 is 2.41 bits per heavy atom. The van der Waals surface area contributed by atoms with Crippen molar-refractivity contribution in [3.05, 3.63) is 86.8 Å². The summed E-state index contributed by atoms with van der Waals surface area (Å²) in [7, 11) is 1.02. The largest absolute Gasteiger partial charge is 0.479 e. The van der Waals surface area contributed by atoms with Gasteiger partial charge in [0.2, 0.25) is 0 Å². The first-order valence-corrected chi connectivity index (χ1v) is 12.4. The molecular weight excluding hydrogens is 555 g/mol. The number of esters is 2. The molecule has 202 valence electrons. The number of hydrogen-bond acceptors (Lipinski definition) is 9. The van der Waals surface area contributed by atoms with Gasteiger partial charge >= 0.3 is 23.9 Å². The summed E-state index contributed by atoms with van der Waals surface area (Å²) in [6.45, 7) is 0.767. The molecule has 0 radical (unpaired) electrons. The van der Waals surface area contributed by atoms with Gasteiger partial charge in [0.05, 0.1) is 21.2 Å². The normalized spacial score (nSPS) is 15.3. The number of amides is 3. The number of halogens is 2. The van der Waals surface area contributed by atoms with E-state index < -0.39 is 35.7 Å². The number of nitrogens with two attached hydrogens (primary N) is 1. The summed E-state index contributed by atoms with van der Waals surface area (Å²) in [4.78, 5) is 51.9. The molecule has 10 nitrogen and oxygen atoms in total. The standard InChI is InChI=1S/C26H20ClFN2O8S/c1-14(31)37-26(35-2,24(33)36-13-15-7-4-3-5-8-15)38-22(20-9-6-10-39-20)21-16-11-18(28)17(27)12-19(16)30(23(21)32)25(29)34/h3-12H,13H2,1-2H3,(H2,29,34). The molecule has 3 aromatic rings. The quantitative estimate of drug-likeness (QED) is 0.180. The summed E-state index contributed by atoms with van der Waals surface area (Å²) >= 11 is 6.97. The van der Waals surface area contributed by atoms with Crippen LogP contribution in [0.3, 0.4) is 0 Å². The van der Waals surface area contributed by atoms with Crippen molar-refractivity contribution in [1.29, 1.82) is 0 Å². The minimum atomic E-state index is -2.83. The molecule has 0 saturated carbocycles. The van der Waals surface area contributed by atoms with E-state index in [0.29, 0.717) is 10.5 Å². The monoisotopic (exact) mass is 574 g/mol. The molecular formula is C26H20ClFN2O8S. The van der Waals surface area contributed by atoms with Crippen LogP contribution in [-0.2, 0) is 39.9 Å². The molecule has 1 aliphatic rings. The summed E-state index contributed by atoms with van der Waals surface area (Å²) in [5, 5.41) is 1.25. The van der Waals surface area contributed by atoms with Crippen molar-refractivity contribution in [2.45, 2.75) is 19.5 Å². The zero-order chi connectivity index (χ0) is 28.3. The van der Waals surface area contributed by atoms with Crippen molar-refractivity contribution >= 4 is 63.8 Å². The van der Waals surface area contributed by atoms with Crippen LogP contribution >= 0.6 is 22.9 Å². The zero-order valence-electron chi connectivity index (χ0n) is 20.4. The van der Waals surface area contributed by atoms with Crippen LogP contribution in [0.25, 0.3) is 11.3 Å². The average Bonchev–Trinajstić information content (AvgIpc) is 3.52. The van der Waals surface area contributed by atoms with Gasteiger partial charge in [-0.3, -0.25) is 9.59 Å². The van der Waals surface area contributed by atoms with Crippen LogP contribution in [0.5, 0.6) is 0 Å². The highest BCUT2D eigenvalue weighted by Gasteiger charge is 2.51. The summed E-state index contributed by atoms with van der Waals surface area (Å²) < 4.78 is 36.2. The van der Waals surface area contributed by atoms with E-state index >= 15 is 0 Å². The molecule has 0 fully saturated rings. The van der Waals surface area contributed by atoms with Crippen molar-refractivity contribution < 1.29 is 42.5 Å². The van der Waals surface area contributed by atoms with E-state index in [0.717, 1.165) is 37.5 Å². The smallest absolute Gasteiger partial charge is 0.453 e. The van der Waals surface area contributed by atoms with Crippen LogP contribution in [0, 0.1) is 5.82 Å². The van der Waals surface area contributed by atoms with E-state index in [4.69, 9.17) is 36.3 Å². The fourth-order valence-electron chi connectivity index (χ4n) is 3.73. The van der Waals surface area contributed by atoms with Crippen molar-refractivity contribution in [3.8, 4) is 0 Å². The highest BCUT2D eigenvalue weighted by Crippen LogP contribution is 2.45. The number of methoxy groups -OCH3 is 1. The molecule has 0 bridgehead atoms. The average molecular weight is 575 g/mol. The number of hydrogen-bond donors (Lipinski definition) is 1. The minimum absolute atomic E-state index is 0.116. The number of ether oxygens (including phenoxy) is 4. The van der Waals surface area contributed by atoms with Crippen molar-refractivity contribution in [1.82, 2.24) is 0 Å². The van der Waals surface area contributed by atoms with Gasteiger partial charge in [-0.25, -0.2) is 18.9 Å². The third kappa shape index (κ3) is 5.48. The molecule has 0 spiro atoms. The molecule has 1 atom stereocenters. The van der Waals surface area contributed by atoms with Gasteiger partial charge in [-0.15, -0.1) is 11.3 Å². The highest BCUT2D eigenvalue weighted by atomic mass is 35.5. The van der Waals surface area contributed by atoms with Gasteiger partial charge in [0.1, 0.15) is 12.4 Å². The van der Waals surface area contributed by atoms with Crippen LogP contribution < -0.4 is 10.6 Å². The first kappa shape index (κ1) is 27.8. The number of thiophene rings is 1. The minimum Gasteiger partial charge on any atom is -0.453 e. The van der Waals surface area contributed by atoms with Crippen LogP contribution in [-0.4, -0.2) is 37.0 Å². The number of primary amides is 1. The van der Waals surface area contributed by atoms with Crippen LogP contribution in [0.1, 0.15) is 22.9 Å². The Hall–Kier alpha value is -4.26. The summed E-state index contributed by atoms with van der Waals surface area (Å²) in [6, 6.07) is 12.5. The molecule has 2 heterocycles. The molecule has 0 aliphatic carbocycles. The maximum Gasteiger partial charge on any atom is 0.479 e. The number of anilines is 1. The Morgan fingerprint density at radius 1 is 1.10 bits per heavy atom. The molecule has 2 N–H and O–H groups in total. The molecule has 13 heteroatoms. The van der Waals surface area contributed by atoms with Gasteiger partial charge in [0.15, 0.2) is 5.76 Å². The predicted molar refractivity (Wildman–Crippen MR) is 138 cm³/mol. The predicted octanol–water partition coefficient (Wildman–Crippen LogP) is 4.46. The van der Waals surface area contributed by atoms with Crippen molar-refractivity contribution in [2.75, 3.05) is 12.0 Å². The van der Waals surface area contributed by atoms with E-state index in [9.17, 15) is 23.6 Å². The highest BCUT2D eigenvalue weighted by molar-refractivity contribution is 7.11. The maximum absolute atomic E-state index is 14.6. The third-order valence-electron chi connectivity index (χ3n) is 5.40. The van der Waals surface area contributed by atoms with Gasteiger partial charge in [-0.05, 0) is 29.1 Å². The lowest BCUT2D eigenvalue weighted by molar-refractivity contribution is -0.317. The Bertz CT molecular complexity index is 1480. The Morgan fingerprint density at radius 2 is 1.82 bits per heavy atom. The van der Waals surface area contributed by atoms with Gasteiger partial charge in [-0.1, -0.05) is 48.0 Å². The molecule has 1 aromatic heterocycles. The van der Waals surface area contributed by atoms with E-state index in [2.05, 4.69) is 0 Å². The van der Waals surface area contributed by atoms with E-state index in [-0.39, 0.29) is 39.1 Å². The summed E-state index contributed by atoms with van der Waals surface area (Å²) in [5.41, 5.74) is 5.44. The fourth-order valence-corrected chi connectivity index (χ4v) is 4.60. The third-order valence-corrected chi connectivity index (χ3v) is 6.56. The van der Waals surface area contributed by atoms with Crippen molar-refractivity contribution in [2.24, 2.45) is 5.73 Å². The molecule has 39 heavy (non-hydrogen) atoms. The van der Waals surface area contributed by atoms with E-state index in [1.165, 1.54) is 6.07 Å². The maximum atomic E-state index is 14.6. The molecule has 2 aromatic carbocycles. The van der Waals surface area contributed by atoms with Crippen molar-refractivity contribution in [3.63, 3.8) is 0 Å². The second-order valence-corrected chi connectivity index (χ2v) is 9.32. The lowest BCUT2D eigenvalue weighted by atomic mass is 10.0. The first-order valence-electron chi connectivity index (χ1n) is 11.1. The van der Waals surface area contributed by atoms with E-state index in [1.807, 2.05) is 0 Å². The second kappa shape index (κ2) is 11.2. The Kier molecular flexibility index (Phi) is 8.00. The topological polar surface area (TPSA) is 134 Å². The number of urea groups is 1. The second-order valence-electron chi connectivity index (χ2n) is 7.96. The fraction of sp³-hybridized carbons (Fsp3) is 0.154. The first-order chi connectivity index (χ1) is 18.6. The summed E-state index contributed by atoms with van der Waals surface area (Å²) in [6.07, 6.45) is 0. The molecule has 1 aliphatic heterocycles. The SMILES string of the molecule is COC(OC(C)=O)(OC(=C1C(=O)N(C(N)=O)c2cc(Cl)c(F)cc21)c1cccs1)C(=O)OCc1ccccc1.